The SMILES string of the molecule is O=C(O)CCCNC(=O)NCC(F)F. The van der Waals surface area contributed by atoms with Crippen LogP contribution in [0, 0.1) is 0 Å². The number of alkyl halides is 2. The Hall–Kier alpha value is -1.40. The normalized spacial score (nSPS) is 9.93. The number of carbonyl (C=O) groups is 2. The Bertz CT molecular complexity index is 199. The molecule has 3 N–H and O–H groups in total. The van der Waals surface area contributed by atoms with Crippen molar-refractivity contribution in [3.8, 4) is 0 Å². The van der Waals surface area contributed by atoms with Crippen LogP contribution in [0.4, 0.5) is 13.6 Å². The molecule has 0 heterocycles. The van der Waals surface area contributed by atoms with Gasteiger partial charge in [0.05, 0.1) is 6.54 Å². The van der Waals surface area contributed by atoms with E-state index in [0.29, 0.717) is 0 Å². The Balaban J connectivity index is 3.31. The van der Waals surface area contributed by atoms with Gasteiger partial charge in [-0.05, 0) is 6.42 Å². The lowest BCUT2D eigenvalue weighted by atomic mass is 10.3. The Morgan fingerprint density at radius 3 is 2.43 bits per heavy atom. The molecule has 0 unspecified atom stereocenters. The average molecular weight is 210 g/mol. The highest BCUT2D eigenvalue weighted by atomic mass is 19.3. The Labute approximate surface area is 79.5 Å². The van der Waals surface area contributed by atoms with Crippen molar-refractivity contribution in [1.29, 1.82) is 0 Å². The van der Waals surface area contributed by atoms with Gasteiger partial charge in [0.2, 0.25) is 0 Å². The number of halogens is 2. The third kappa shape index (κ3) is 8.69. The lowest BCUT2D eigenvalue weighted by Crippen LogP contribution is -2.38. The molecule has 2 amide bonds. The summed E-state index contributed by atoms with van der Waals surface area (Å²) in [5.74, 6) is -0.959. The van der Waals surface area contributed by atoms with Gasteiger partial charge in [0.15, 0.2) is 0 Å². The van der Waals surface area contributed by atoms with Crippen LogP contribution in [0.5, 0.6) is 0 Å². The Morgan fingerprint density at radius 2 is 1.93 bits per heavy atom. The van der Waals surface area contributed by atoms with Crippen LogP contribution in [0.1, 0.15) is 12.8 Å². The van der Waals surface area contributed by atoms with Crippen molar-refractivity contribution in [2.45, 2.75) is 19.3 Å². The molecule has 0 saturated carbocycles. The third-order valence-corrected chi connectivity index (χ3v) is 1.27. The molecule has 7 heteroatoms. The second kappa shape index (κ2) is 7.05. The number of carboxylic acids is 1. The number of hydrogen-bond acceptors (Lipinski definition) is 2. The minimum absolute atomic E-state index is 0.0604. The molecular formula is C7H12F2N2O3. The lowest BCUT2D eigenvalue weighted by molar-refractivity contribution is -0.137. The van der Waals surface area contributed by atoms with Crippen molar-refractivity contribution in [3.63, 3.8) is 0 Å². The molecule has 0 aromatic heterocycles. The summed E-state index contributed by atoms with van der Waals surface area (Å²) in [6.07, 6.45) is -2.37. The van der Waals surface area contributed by atoms with Crippen molar-refractivity contribution in [3.05, 3.63) is 0 Å². The molecule has 0 aromatic carbocycles. The van der Waals surface area contributed by atoms with Crippen LogP contribution >= 0.6 is 0 Å². The van der Waals surface area contributed by atoms with Crippen LogP contribution < -0.4 is 10.6 Å². The standard InChI is InChI=1S/C7H12F2N2O3/c8-5(9)4-11-7(14)10-3-1-2-6(12)13/h5H,1-4H2,(H,12,13)(H2,10,11,14). The van der Waals surface area contributed by atoms with E-state index in [1.807, 2.05) is 5.32 Å². The highest BCUT2D eigenvalue weighted by Crippen LogP contribution is 1.88. The van der Waals surface area contributed by atoms with E-state index >= 15 is 0 Å². The van der Waals surface area contributed by atoms with Crippen molar-refractivity contribution < 1.29 is 23.5 Å². The monoisotopic (exact) mass is 210 g/mol. The molecule has 0 aliphatic carbocycles. The van der Waals surface area contributed by atoms with Crippen LogP contribution in [-0.4, -0.2) is 36.6 Å². The topological polar surface area (TPSA) is 78.4 Å². The smallest absolute Gasteiger partial charge is 0.314 e. The molecular weight excluding hydrogens is 198 g/mol. The van der Waals surface area contributed by atoms with Crippen molar-refractivity contribution in [2.24, 2.45) is 0 Å². The number of urea groups is 1. The van der Waals surface area contributed by atoms with Gasteiger partial charge in [-0.15, -0.1) is 0 Å². The van der Waals surface area contributed by atoms with Crippen molar-refractivity contribution in [2.75, 3.05) is 13.1 Å². The van der Waals surface area contributed by atoms with E-state index in [2.05, 4.69) is 5.32 Å². The van der Waals surface area contributed by atoms with Crippen LogP contribution in [0.25, 0.3) is 0 Å². The van der Waals surface area contributed by atoms with E-state index in [1.54, 1.807) is 0 Å². The van der Waals surface area contributed by atoms with E-state index in [-0.39, 0.29) is 19.4 Å². The van der Waals surface area contributed by atoms with Gasteiger partial charge in [0.25, 0.3) is 6.43 Å². The summed E-state index contributed by atoms with van der Waals surface area (Å²) in [5.41, 5.74) is 0. The molecule has 5 nitrogen and oxygen atoms in total. The van der Waals surface area contributed by atoms with Gasteiger partial charge >= 0.3 is 12.0 Å². The van der Waals surface area contributed by atoms with E-state index in [1.165, 1.54) is 0 Å². The highest BCUT2D eigenvalue weighted by molar-refractivity contribution is 5.73. The molecule has 0 aliphatic rings. The molecule has 0 saturated heterocycles. The van der Waals surface area contributed by atoms with Gasteiger partial charge < -0.3 is 15.7 Å². The predicted molar refractivity (Wildman–Crippen MR) is 44.3 cm³/mol. The third-order valence-electron chi connectivity index (χ3n) is 1.27. The zero-order valence-corrected chi connectivity index (χ0v) is 7.43. The summed E-state index contributed by atoms with van der Waals surface area (Å²) in [7, 11) is 0. The molecule has 0 atom stereocenters. The minimum Gasteiger partial charge on any atom is -0.481 e. The maximum absolute atomic E-state index is 11.6. The minimum atomic E-state index is -2.58. The first kappa shape index (κ1) is 12.6. The van der Waals surface area contributed by atoms with Gasteiger partial charge in [0, 0.05) is 13.0 Å². The van der Waals surface area contributed by atoms with Gasteiger partial charge in [0.1, 0.15) is 0 Å². The molecule has 0 fully saturated rings. The van der Waals surface area contributed by atoms with E-state index < -0.39 is 25.0 Å². The number of nitrogens with one attached hydrogen (secondary N) is 2. The highest BCUT2D eigenvalue weighted by Gasteiger charge is 2.05. The number of aliphatic carboxylic acids is 1. The van der Waals surface area contributed by atoms with Crippen molar-refractivity contribution in [1.82, 2.24) is 10.6 Å². The zero-order chi connectivity index (χ0) is 11.0. The van der Waals surface area contributed by atoms with E-state index in [0.717, 1.165) is 0 Å². The first-order valence-electron chi connectivity index (χ1n) is 4.04. The van der Waals surface area contributed by atoms with Crippen LogP contribution in [-0.2, 0) is 4.79 Å². The molecule has 0 radical (unpaired) electrons. The molecule has 0 bridgehead atoms. The van der Waals surface area contributed by atoms with Crippen LogP contribution in [0.2, 0.25) is 0 Å². The number of amides is 2. The molecule has 82 valence electrons. The maximum Gasteiger partial charge on any atom is 0.314 e. The Morgan fingerprint density at radius 1 is 1.29 bits per heavy atom. The summed E-state index contributed by atoms with van der Waals surface area (Å²) in [6.45, 7) is -0.549. The summed E-state index contributed by atoms with van der Waals surface area (Å²) in [5, 5.41) is 12.4. The molecule has 0 rings (SSSR count). The van der Waals surface area contributed by atoms with Crippen molar-refractivity contribution >= 4 is 12.0 Å². The van der Waals surface area contributed by atoms with Gasteiger partial charge in [-0.3, -0.25) is 4.79 Å². The zero-order valence-electron chi connectivity index (χ0n) is 7.43. The first-order valence-corrected chi connectivity index (χ1v) is 4.04. The summed E-state index contributed by atoms with van der Waals surface area (Å²) < 4.78 is 23.1. The molecule has 14 heavy (non-hydrogen) atoms. The fourth-order valence-corrected chi connectivity index (χ4v) is 0.674. The predicted octanol–water partition coefficient (Wildman–Crippen LogP) is 0.416. The largest absolute Gasteiger partial charge is 0.481 e. The number of rotatable bonds is 6. The average Bonchev–Trinajstić information content (AvgIpc) is 2.08. The van der Waals surface area contributed by atoms with E-state index in [9.17, 15) is 18.4 Å². The fraction of sp³-hybridized carbons (Fsp3) is 0.714. The summed E-state index contributed by atoms with van der Waals surface area (Å²) >= 11 is 0. The number of carbonyl (C=O) groups excluding carboxylic acids is 1. The van der Waals surface area contributed by atoms with Crippen LogP contribution in [0.15, 0.2) is 0 Å². The second-order valence-corrected chi connectivity index (χ2v) is 2.53. The van der Waals surface area contributed by atoms with Gasteiger partial charge in [-0.2, -0.15) is 0 Å². The molecule has 0 spiro atoms. The lowest BCUT2D eigenvalue weighted by Gasteiger charge is -2.05. The molecule has 0 aliphatic heterocycles. The van der Waals surface area contributed by atoms with Crippen LogP contribution in [0.3, 0.4) is 0 Å². The Kier molecular flexibility index (Phi) is 6.34. The quantitative estimate of drug-likeness (QED) is 0.556. The summed E-state index contributed by atoms with van der Waals surface area (Å²) in [6, 6.07) is -0.712. The fourth-order valence-electron chi connectivity index (χ4n) is 0.674. The number of hydrogen-bond donors (Lipinski definition) is 3. The number of carboxylic acid groups (broad SMARTS) is 1. The first-order chi connectivity index (χ1) is 6.52. The van der Waals surface area contributed by atoms with E-state index in [4.69, 9.17) is 5.11 Å². The van der Waals surface area contributed by atoms with Gasteiger partial charge in [-0.25, -0.2) is 13.6 Å². The van der Waals surface area contributed by atoms with Gasteiger partial charge in [-0.1, -0.05) is 0 Å². The maximum atomic E-state index is 11.6. The molecule has 0 aromatic rings. The summed E-state index contributed by atoms with van der Waals surface area (Å²) in [4.78, 5) is 20.7. The second-order valence-electron chi connectivity index (χ2n) is 2.53.